The fourth-order valence-corrected chi connectivity index (χ4v) is 1.79. The summed E-state index contributed by atoms with van der Waals surface area (Å²) in [6, 6.07) is 11.1. The van der Waals surface area contributed by atoms with Crippen LogP contribution in [0.1, 0.15) is 21.5 Å². The molecule has 0 amide bonds. The highest BCUT2D eigenvalue weighted by atomic mass is 19.1. The fourth-order valence-electron chi connectivity index (χ4n) is 1.79. The van der Waals surface area contributed by atoms with Gasteiger partial charge in [0.25, 0.3) is 0 Å². The molecule has 0 saturated carbocycles. The average molecular weight is 274 g/mol. The van der Waals surface area contributed by atoms with Gasteiger partial charge in [-0.15, -0.1) is 0 Å². The quantitative estimate of drug-likeness (QED) is 0.619. The fraction of sp³-hybridized carbons (Fsp3) is 0.188. The molecule has 0 aliphatic carbocycles. The van der Waals surface area contributed by atoms with Gasteiger partial charge in [0.1, 0.15) is 11.6 Å². The van der Waals surface area contributed by atoms with Gasteiger partial charge in [0, 0.05) is 12.7 Å². The maximum absolute atomic E-state index is 13.8. The van der Waals surface area contributed by atoms with Crippen LogP contribution >= 0.6 is 0 Å². The third-order valence-corrected chi connectivity index (χ3v) is 2.83. The molecular weight excluding hydrogens is 259 g/mol. The molecule has 0 spiro atoms. The van der Waals surface area contributed by atoms with Crippen LogP contribution in [0.3, 0.4) is 0 Å². The number of hydrogen-bond donors (Lipinski definition) is 0. The van der Waals surface area contributed by atoms with Gasteiger partial charge in [-0.1, -0.05) is 6.07 Å². The van der Waals surface area contributed by atoms with E-state index >= 15 is 0 Å². The number of ketones is 1. The van der Waals surface area contributed by atoms with Crippen LogP contribution in [-0.4, -0.2) is 19.7 Å². The molecule has 0 aromatic heterocycles. The molecule has 2 aromatic rings. The van der Waals surface area contributed by atoms with Crippen LogP contribution in [0.25, 0.3) is 0 Å². The molecule has 0 aliphatic heterocycles. The van der Waals surface area contributed by atoms with E-state index in [1.54, 1.807) is 37.3 Å². The Hall–Kier alpha value is -2.20. The Balaban J connectivity index is 2.20. The molecule has 2 aromatic carbocycles. The highest BCUT2D eigenvalue weighted by molar-refractivity contribution is 6.09. The SMILES string of the molecule is COCOc1ccc(C(=O)c2ccc(C)cc2F)cc1. The first-order valence-electron chi connectivity index (χ1n) is 6.14. The van der Waals surface area contributed by atoms with Crippen molar-refractivity contribution in [2.24, 2.45) is 0 Å². The third kappa shape index (κ3) is 3.22. The van der Waals surface area contributed by atoms with Gasteiger partial charge in [-0.05, 0) is 48.9 Å². The molecule has 0 heterocycles. The van der Waals surface area contributed by atoms with Gasteiger partial charge < -0.3 is 9.47 Å². The predicted octanol–water partition coefficient (Wildman–Crippen LogP) is 3.35. The van der Waals surface area contributed by atoms with E-state index in [2.05, 4.69) is 0 Å². The topological polar surface area (TPSA) is 35.5 Å². The highest BCUT2D eigenvalue weighted by Crippen LogP contribution is 2.18. The van der Waals surface area contributed by atoms with Crippen molar-refractivity contribution in [3.05, 3.63) is 65.0 Å². The van der Waals surface area contributed by atoms with E-state index in [9.17, 15) is 9.18 Å². The molecule has 0 atom stereocenters. The van der Waals surface area contributed by atoms with Crippen LogP contribution in [-0.2, 0) is 4.74 Å². The number of halogens is 1. The summed E-state index contributed by atoms with van der Waals surface area (Å²) >= 11 is 0. The van der Waals surface area contributed by atoms with E-state index < -0.39 is 5.82 Å². The van der Waals surface area contributed by atoms with Crippen molar-refractivity contribution >= 4 is 5.78 Å². The molecular formula is C16H15FO3. The van der Waals surface area contributed by atoms with E-state index in [0.29, 0.717) is 11.3 Å². The molecule has 0 N–H and O–H groups in total. The Bertz CT molecular complexity index is 606. The van der Waals surface area contributed by atoms with Gasteiger partial charge in [-0.25, -0.2) is 4.39 Å². The van der Waals surface area contributed by atoms with Gasteiger partial charge in [-0.2, -0.15) is 0 Å². The van der Waals surface area contributed by atoms with Crippen LogP contribution < -0.4 is 4.74 Å². The van der Waals surface area contributed by atoms with Gasteiger partial charge >= 0.3 is 0 Å². The lowest BCUT2D eigenvalue weighted by Gasteiger charge is -2.06. The summed E-state index contributed by atoms with van der Waals surface area (Å²) in [7, 11) is 1.53. The summed E-state index contributed by atoms with van der Waals surface area (Å²) in [5.74, 6) is -0.261. The minimum Gasteiger partial charge on any atom is -0.468 e. The van der Waals surface area contributed by atoms with E-state index in [1.165, 1.54) is 19.2 Å². The van der Waals surface area contributed by atoms with E-state index in [0.717, 1.165) is 5.56 Å². The summed E-state index contributed by atoms with van der Waals surface area (Å²) in [6.45, 7) is 1.92. The van der Waals surface area contributed by atoms with Crippen molar-refractivity contribution in [1.29, 1.82) is 0 Å². The number of hydrogen-bond acceptors (Lipinski definition) is 3. The summed E-state index contributed by atoms with van der Waals surface area (Å²) in [4.78, 5) is 12.2. The maximum Gasteiger partial charge on any atom is 0.195 e. The lowest BCUT2D eigenvalue weighted by molar-refractivity contribution is 0.0511. The minimum atomic E-state index is -0.505. The number of benzene rings is 2. The first-order valence-corrected chi connectivity index (χ1v) is 6.14. The normalized spacial score (nSPS) is 10.3. The van der Waals surface area contributed by atoms with Crippen molar-refractivity contribution in [2.75, 3.05) is 13.9 Å². The molecule has 3 nitrogen and oxygen atoms in total. The van der Waals surface area contributed by atoms with Crippen LogP contribution in [0.5, 0.6) is 5.75 Å². The molecule has 0 radical (unpaired) electrons. The number of methoxy groups -OCH3 is 1. The zero-order valence-corrected chi connectivity index (χ0v) is 11.4. The first-order chi connectivity index (χ1) is 9.61. The Morgan fingerprint density at radius 2 is 1.85 bits per heavy atom. The number of carbonyl (C=O) groups excluding carboxylic acids is 1. The standard InChI is InChI=1S/C16H15FO3/c1-11-3-8-14(15(17)9-11)16(18)12-4-6-13(7-5-12)20-10-19-2/h3-9H,10H2,1-2H3. The van der Waals surface area contributed by atoms with Crippen LogP contribution in [0.2, 0.25) is 0 Å². The Morgan fingerprint density at radius 1 is 1.15 bits per heavy atom. The molecule has 0 saturated heterocycles. The number of ether oxygens (including phenoxy) is 2. The second-order valence-corrected chi connectivity index (χ2v) is 4.39. The van der Waals surface area contributed by atoms with Crippen LogP contribution in [0, 0.1) is 12.7 Å². The van der Waals surface area contributed by atoms with E-state index in [1.807, 2.05) is 0 Å². The summed E-state index contributed by atoms with van der Waals surface area (Å²) < 4.78 is 23.8. The second kappa shape index (κ2) is 6.30. The van der Waals surface area contributed by atoms with Crippen molar-refractivity contribution in [3.8, 4) is 5.75 Å². The molecule has 104 valence electrons. The molecule has 4 heteroatoms. The van der Waals surface area contributed by atoms with Gasteiger partial charge in [0.05, 0.1) is 5.56 Å². The number of aryl methyl sites for hydroxylation is 1. The monoisotopic (exact) mass is 274 g/mol. The zero-order chi connectivity index (χ0) is 14.5. The van der Waals surface area contributed by atoms with Crippen molar-refractivity contribution in [2.45, 2.75) is 6.92 Å². The number of rotatable bonds is 5. The first kappa shape index (κ1) is 14.2. The van der Waals surface area contributed by atoms with Gasteiger partial charge in [0.15, 0.2) is 12.6 Å². The zero-order valence-electron chi connectivity index (χ0n) is 11.4. The molecule has 20 heavy (non-hydrogen) atoms. The molecule has 0 unspecified atom stereocenters. The molecule has 0 fully saturated rings. The van der Waals surface area contributed by atoms with Crippen molar-refractivity contribution in [1.82, 2.24) is 0 Å². The Kier molecular flexibility index (Phi) is 4.48. The molecule has 2 rings (SSSR count). The van der Waals surface area contributed by atoms with E-state index in [4.69, 9.17) is 9.47 Å². The molecule has 0 aliphatic rings. The van der Waals surface area contributed by atoms with Crippen molar-refractivity contribution in [3.63, 3.8) is 0 Å². The second-order valence-electron chi connectivity index (χ2n) is 4.39. The van der Waals surface area contributed by atoms with Crippen LogP contribution in [0.4, 0.5) is 4.39 Å². The van der Waals surface area contributed by atoms with E-state index in [-0.39, 0.29) is 18.1 Å². The van der Waals surface area contributed by atoms with Gasteiger partial charge in [0.2, 0.25) is 0 Å². The summed E-state index contributed by atoms with van der Waals surface area (Å²) in [6.07, 6.45) is 0. The van der Waals surface area contributed by atoms with Crippen molar-refractivity contribution < 1.29 is 18.7 Å². The van der Waals surface area contributed by atoms with Crippen LogP contribution in [0.15, 0.2) is 42.5 Å². The Morgan fingerprint density at radius 3 is 2.45 bits per heavy atom. The lowest BCUT2D eigenvalue weighted by atomic mass is 10.0. The predicted molar refractivity (Wildman–Crippen MR) is 73.5 cm³/mol. The highest BCUT2D eigenvalue weighted by Gasteiger charge is 2.13. The largest absolute Gasteiger partial charge is 0.468 e. The summed E-state index contributed by atoms with van der Waals surface area (Å²) in [5.41, 5.74) is 1.26. The lowest BCUT2D eigenvalue weighted by Crippen LogP contribution is -2.05. The molecule has 0 bridgehead atoms. The smallest absolute Gasteiger partial charge is 0.195 e. The summed E-state index contributed by atoms with van der Waals surface area (Å²) in [5, 5.41) is 0. The third-order valence-electron chi connectivity index (χ3n) is 2.83. The minimum absolute atomic E-state index is 0.0705. The average Bonchev–Trinajstić information content (AvgIpc) is 2.45. The maximum atomic E-state index is 13.8. The van der Waals surface area contributed by atoms with Gasteiger partial charge in [-0.3, -0.25) is 4.79 Å². The number of carbonyl (C=O) groups is 1. The Labute approximate surface area is 117 Å².